The number of H-pyrrole nitrogens is 1. The summed E-state index contributed by atoms with van der Waals surface area (Å²) in [6.45, 7) is 2.42. The summed E-state index contributed by atoms with van der Waals surface area (Å²) in [6.07, 6.45) is 2.13. The molecule has 0 aliphatic rings. The fourth-order valence-corrected chi connectivity index (χ4v) is 2.59. The van der Waals surface area contributed by atoms with Gasteiger partial charge >= 0.3 is 0 Å². The average Bonchev–Trinajstić information content (AvgIpc) is 3.06. The van der Waals surface area contributed by atoms with Gasteiger partial charge in [-0.3, -0.25) is 5.10 Å². The minimum absolute atomic E-state index is 0.379. The minimum atomic E-state index is 0.379. The topological polar surface area (TPSA) is 63.2 Å². The number of nitrogens with zero attached hydrogens (tertiary/aromatic N) is 3. The van der Waals surface area contributed by atoms with Crippen LogP contribution in [0.25, 0.3) is 11.4 Å². The molecule has 0 aliphatic carbocycles. The lowest BCUT2D eigenvalue weighted by molar-refractivity contribution is 0.148. The number of nitrogens with one attached hydrogen (secondary N) is 1. The standard InChI is InChI=1S/C18H16Cl2N4O/c1-12-2-4-13(5-3-12)18-22-17(23-24-18)8-9-25-21-11-14-6-7-15(19)10-16(14)20/h2-7,10-11H,8-9H2,1H3,(H,22,23,24)/b21-11+. The molecular formula is C18H16Cl2N4O. The van der Waals surface area contributed by atoms with E-state index in [0.29, 0.717) is 28.9 Å². The van der Waals surface area contributed by atoms with Crippen molar-refractivity contribution in [2.45, 2.75) is 13.3 Å². The lowest BCUT2D eigenvalue weighted by atomic mass is 10.1. The van der Waals surface area contributed by atoms with Crippen LogP contribution in [0.3, 0.4) is 0 Å². The molecule has 1 N–H and O–H groups in total. The van der Waals surface area contributed by atoms with Gasteiger partial charge in [-0.2, -0.15) is 5.10 Å². The van der Waals surface area contributed by atoms with Gasteiger partial charge in [-0.05, 0) is 19.1 Å². The molecule has 3 aromatic rings. The molecule has 7 heteroatoms. The summed E-state index contributed by atoms with van der Waals surface area (Å²) in [7, 11) is 0. The monoisotopic (exact) mass is 374 g/mol. The number of benzene rings is 2. The summed E-state index contributed by atoms with van der Waals surface area (Å²) in [5, 5.41) is 12.2. The molecule has 25 heavy (non-hydrogen) atoms. The zero-order valence-corrected chi connectivity index (χ0v) is 15.1. The smallest absolute Gasteiger partial charge is 0.181 e. The van der Waals surface area contributed by atoms with Gasteiger partial charge in [0.05, 0.1) is 11.2 Å². The van der Waals surface area contributed by atoms with Gasteiger partial charge in [0.2, 0.25) is 0 Å². The quantitative estimate of drug-likeness (QED) is 0.387. The summed E-state index contributed by atoms with van der Waals surface area (Å²) < 4.78 is 0. The van der Waals surface area contributed by atoms with Crippen molar-refractivity contribution in [3.8, 4) is 11.4 Å². The third kappa shape index (κ3) is 4.81. The van der Waals surface area contributed by atoms with E-state index in [4.69, 9.17) is 28.0 Å². The second-order valence-corrected chi connectivity index (χ2v) is 6.30. The fraction of sp³-hybridized carbons (Fsp3) is 0.167. The summed E-state index contributed by atoms with van der Waals surface area (Å²) in [6, 6.07) is 13.2. The van der Waals surface area contributed by atoms with Crippen molar-refractivity contribution in [3.05, 3.63) is 69.5 Å². The van der Waals surface area contributed by atoms with E-state index in [1.165, 1.54) is 5.56 Å². The Balaban J connectivity index is 1.51. The highest BCUT2D eigenvalue weighted by atomic mass is 35.5. The first-order valence-electron chi connectivity index (χ1n) is 7.70. The van der Waals surface area contributed by atoms with Crippen LogP contribution in [-0.4, -0.2) is 28.0 Å². The highest BCUT2D eigenvalue weighted by Crippen LogP contribution is 2.19. The molecule has 0 radical (unpaired) electrons. The Morgan fingerprint density at radius 2 is 1.96 bits per heavy atom. The second-order valence-electron chi connectivity index (χ2n) is 5.46. The summed E-state index contributed by atoms with van der Waals surface area (Å²) in [5.41, 5.74) is 2.92. The first-order valence-corrected chi connectivity index (χ1v) is 8.46. The van der Waals surface area contributed by atoms with Crippen LogP contribution in [0.2, 0.25) is 10.0 Å². The number of oxime groups is 1. The molecule has 128 valence electrons. The van der Waals surface area contributed by atoms with Crippen molar-refractivity contribution in [2.24, 2.45) is 5.16 Å². The summed E-state index contributed by atoms with van der Waals surface area (Å²) in [4.78, 5) is 9.70. The normalized spacial score (nSPS) is 11.2. The number of rotatable bonds is 6. The predicted octanol–water partition coefficient (Wildman–Crippen LogP) is 4.68. The van der Waals surface area contributed by atoms with Crippen LogP contribution in [0.4, 0.5) is 0 Å². The van der Waals surface area contributed by atoms with E-state index >= 15 is 0 Å². The third-order valence-electron chi connectivity index (χ3n) is 3.50. The van der Waals surface area contributed by atoms with Gasteiger partial charge in [0.1, 0.15) is 12.4 Å². The van der Waals surface area contributed by atoms with Crippen LogP contribution >= 0.6 is 23.2 Å². The van der Waals surface area contributed by atoms with Crippen molar-refractivity contribution in [2.75, 3.05) is 6.61 Å². The zero-order valence-electron chi connectivity index (χ0n) is 13.5. The molecule has 1 aromatic heterocycles. The Morgan fingerprint density at radius 3 is 2.72 bits per heavy atom. The van der Waals surface area contributed by atoms with Crippen molar-refractivity contribution in [3.63, 3.8) is 0 Å². The molecule has 0 aliphatic heterocycles. The largest absolute Gasteiger partial charge is 0.395 e. The SMILES string of the molecule is Cc1ccc(-c2n[nH]c(CCO/N=C/c3ccc(Cl)cc3Cl)n2)cc1. The van der Waals surface area contributed by atoms with Gasteiger partial charge in [0.25, 0.3) is 0 Å². The third-order valence-corrected chi connectivity index (χ3v) is 4.06. The number of aryl methyl sites for hydroxylation is 1. The molecule has 0 unspecified atom stereocenters. The molecule has 0 spiro atoms. The van der Waals surface area contributed by atoms with Crippen LogP contribution in [0.1, 0.15) is 17.0 Å². The molecule has 0 atom stereocenters. The zero-order chi connectivity index (χ0) is 17.6. The van der Waals surface area contributed by atoms with E-state index < -0.39 is 0 Å². The van der Waals surface area contributed by atoms with Crippen LogP contribution in [-0.2, 0) is 11.3 Å². The first-order chi connectivity index (χ1) is 12.1. The Kier molecular flexibility index (Phi) is 5.68. The molecule has 2 aromatic carbocycles. The van der Waals surface area contributed by atoms with Gasteiger partial charge in [-0.25, -0.2) is 4.98 Å². The number of halogens is 2. The van der Waals surface area contributed by atoms with E-state index in [9.17, 15) is 0 Å². The number of hydrogen-bond acceptors (Lipinski definition) is 4. The van der Waals surface area contributed by atoms with Gasteiger partial charge in [-0.15, -0.1) is 0 Å². The van der Waals surface area contributed by atoms with Crippen molar-refractivity contribution in [1.82, 2.24) is 15.2 Å². The van der Waals surface area contributed by atoms with Gasteiger partial charge in [0.15, 0.2) is 5.82 Å². The molecule has 0 amide bonds. The Labute approximate surface area is 155 Å². The number of aromatic nitrogens is 3. The molecule has 1 heterocycles. The summed E-state index contributed by atoms with van der Waals surface area (Å²) in [5.74, 6) is 1.42. The molecule has 3 rings (SSSR count). The van der Waals surface area contributed by atoms with Crippen molar-refractivity contribution >= 4 is 29.4 Å². The van der Waals surface area contributed by atoms with Gasteiger partial charge in [-0.1, -0.05) is 64.3 Å². The van der Waals surface area contributed by atoms with E-state index in [-0.39, 0.29) is 0 Å². The molecule has 0 saturated carbocycles. The van der Waals surface area contributed by atoms with Crippen molar-refractivity contribution in [1.29, 1.82) is 0 Å². The molecule has 0 bridgehead atoms. The lowest BCUT2D eigenvalue weighted by Crippen LogP contribution is -1.97. The average molecular weight is 375 g/mol. The van der Waals surface area contributed by atoms with E-state index in [1.807, 2.05) is 31.2 Å². The van der Waals surface area contributed by atoms with Crippen LogP contribution in [0.5, 0.6) is 0 Å². The van der Waals surface area contributed by atoms with Crippen LogP contribution < -0.4 is 0 Å². The Hall–Kier alpha value is -2.37. The van der Waals surface area contributed by atoms with E-state index in [1.54, 1.807) is 24.4 Å². The highest BCUT2D eigenvalue weighted by molar-refractivity contribution is 6.36. The fourth-order valence-electron chi connectivity index (χ4n) is 2.13. The number of aromatic amines is 1. The van der Waals surface area contributed by atoms with Crippen LogP contribution in [0, 0.1) is 6.92 Å². The second kappa shape index (κ2) is 8.14. The van der Waals surface area contributed by atoms with E-state index in [2.05, 4.69) is 20.3 Å². The van der Waals surface area contributed by atoms with Crippen LogP contribution in [0.15, 0.2) is 47.6 Å². The number of hydrogen-bond donors (Lipinski definition) is 1. The maximum atomic E-state index is 6.05. The molecule has 0 fully saturated rings. The highest BCUT2D eigenvalue weighted by Gasteiger charge is 2.05. The lowest BCUT2D eigenvalue weighted by Gasteiger charge is -1.99. The van der Waals surface area contributed by atoms with Gasteiger partial charge < -0.3 is 4.84 Å². The van der Waals surface area contributed by atoms with Crippen molar-refractivity contribution < 1.29 is 4.84 Å². The van der Waals surface area contributed by atoms with E-state index in [0.717, 1.165) is 17.0 Å². The Morgan fingerprint density at radius 1 is 1.16 bits per heavy atom. The predicted molar refractivity (Wildman–Crippen MR) is 100 cm³/mol. The molecule has 5 nitrogen and oxygen atoms in total. The summed E-state index contributed by atoms with van der Waals surface area (Å²) >= 11 is 11.9. The molecule has 0 saturated heterocycles. The maximum absolute atomic E-state index is 6.05. The first kappa shape index (κ1) is 17.5. The maximum Gasteiger partial charge on any atom is 0.181 e. The van der Waals surface area contributed by atoms with Gasteiger partial charge in [0, 0.05) is 22.6 Å². The minimum Gasteiger partial charge on any atom is -0.395 e. The molecular weight excluding hydrogens is 359 g/mol. The Bertz CT molecular complexity index is 875.